The van der Waals surface area contributed by atoms with E-state index in [1.807, 2.05) is 33.1 Å². The second-order valence-electron chi connectivity index (χ2n) is 10.4. The Hall–Kier alpha value is -2.90. The molecular formula is C30H33ClN2O4S. The number of halogens is 1. The van der Waals surface area contributed by atoms with Crippen LogP contribution in [0.3, 0.4) is 0 Å². The topological polar surface area (TPSA) is 80.4 Å². The van der Waals surface area contributed by atoms with Crippen molar-refractivity contribution in [1.82, 2.24) is 10.3 Å². The van der Waals surface area contributed by atoms with E-state index in [2.05, 4.69) is 40.6 Å². The zero-order chi connectivity index (χ0) is 27.0. The van der Waals surface area contributed by atoms with E-state index in [4.69, 9.17) is 21.1 Å². The number of fused-ring (bicyclic) bond motifs is 1. The molecule has 0 radical (unpaired) electrons. The van der Waals surface area contributed by atoms with E-state index in [-0.39, 0.29) is 23.9 Å². The molecule has 200 valence electrons. The van der Waals surface area contributed by atoms with Crippen molar-refractivity contribution in [2.24, 2.45) is 5.92 Å². The summed E-state index contributed by atoms with van der Waals surface area (Å²) in [6.07, 6.45) is 6.02. The molecule has 0 saturated heterocycles. The van der Waals surface area contributed by atoms with Gasteiger partial charge in [-0.25, -0.2) is 0 Å². The molecule has 2 N–H and O–H groups in total. The summed E-state index contributed by atoms with van der Waals surface area (Å²) in [5.41, 5.74) is 3.58. The Morgan fingerprint density at radius 1 is 1.11 bits per heavy atom. The van der Waals surface area contributed by atoms with Crippen LogP contribution in [-0.2, 0) is 6.54 Å². The van der Waals surface area contributed by atoms with Crippen LogP contribution in [0, 0.1) is 19.8 Å². The van der Waals surface area contributed by atoms with Crippen molar-refractivity contribution >= 4 is 29.3 Å². The number of carbonyl (C=O) groups excluding carboxylic acids is 1. The summed E-state index contributed by atoms with van der Waals surface area (Å²) in [6.45, 7) is 5.77. The number of pyridine rings is 1. The van der Waals surface area contributed by atoms with Crippen LogP contribution < -0.4 is 20.3 Å². The minimum atomic E-state index is -0.837. The number of carbonyl (C=O) groups is 1. The van der Waals surface area contributed by atoms with Gasteiger partial charge in [0.05, 0.1) is 5.02 Å². The lowest BCUT2D eigenvalue weighted by atomic mass is 9.76. The number of rotatable bonds is 6. The Morgan fingerprint density at radius 3 is 2.47 bits per heavy atom. The van der Waals surface area contributed by atoms with E-state index in [0.717, 1.165) is 36.3 Å². The van der Waals surface area contributed by atoms with Crippen LogP contribution in [0.2, 0.25) is 5.02 Å². The second-order valence-corrected chi connectivity index (χ2v) is 11.6. The monoisotopic (exact) mass is 552 g/mol. The summed E-state index contributed by atoms with van der Waals surface area (Å²) in [6, 6.07) is 14.2. The summed E-state index contributed by atoms with van der Waals surface area (Å²) in [5, 5.41) is 3.23. The first kappa shape index (κ1) is 26.7. The van der Waals surface area contributed by atoms with Gasteiger partial charge in [-0.1, -0.05) is 41.9 Å². The van der Waals surface area contributed by atoms with Gasteiger partial charge in [-0.3, -0.25) is 9.59 Å². The number of thioether (sulfide) groups is 1. The van der Waals surface area contributed by atoms with Gasteiger partial charge in [-0.15, -0.1) is 11.8 Å². The number of hydrogen-bond acceptors (Lipinski definition) is 5. The van der Waals surface area contributed by atoms with Crippen molar-refractivity contribution in [3.63, 3.8) is 0 Å². The van der Waals surface area contributed by atoms with Gasteiger partial charge in [0.1, 0.15) is 0 Å². The van der Waals surface area contributed by atoms with E-state index in [1.54, 1.807) is 6.07 Å². The predicted molar refractivity (Wildman–Crippen MR) is 152 cm³/mol. The summed E-state index contributed by atoms with van der Waals surface area (Å²) >= 11 is 8.10. The Kier molecular flexibility index (Phi) is 7.51. The summed E-state index contributed by atoms with van der Waals surface area (Å²) in [5.74, 6) is 0.616. The average molecular weight is 553 g/mol. The molecule has 1 aromatic heterocycles. The fourth-order valence-corrected chi connectivity index (χ4v) is 6.66. The zero-order valence-electron chi connectivity index (χ0n) is 22.2. The summed E-state index contributed by atoms with van der Waals surface area (Å²) in [4.78, 5) is 29.3. The molecule has 0 bridgehead atoms. The van der Waals surface area contributed by atoms with Gasteiger partial charge >= 0.3 is 0 Å². The van der Waals surface area contributed by atoms with Crippen molar-refractivity contribution in [3.8, 4) is 11.5 Å². The van der Waals surface area contributed by atoms with Gasteiger partial charge in [0.15, 0.2) is 11.5 Å². The molecule has 2 aliphatic rings. The smallest absolute Gasteiger partial charge is 0.254 e. The van der Waals surface area contributed by atoms with E-state index >= 15 is 0 Å². The minimum Gasteiger partial charge on any atom is -0.448 e. The van der Waals surface area contributed by atoms with Crippen molar-refractivity contribution < 1.29 is 14.3 Å². The SMILES string of the molecule is CSc1cc(C)[nH]c(=O)c1CNC(=O)c1cc(Cl)c2c(c1C)OC(C)(C1CCC(c3ccccc3)CC1)O2. The molecule has 3 aromatic rings. The minimum absolute atomic E-state index is 0.110. The van der Waals surface area contributed by atoms with Gasteiger partial charge in [0, 0.05) is 46.7 Å². The number of ether oxygens (including phenoxy) is 2. The first-order valence-corrected chi connectivity index (χ1v) is 14.6. The molecule has 0 spiro atoms. The van der Waals surface area contributed by atoms with E-state index < -0.39 is 5.79 Å². The van der Waals surface area contributed by atoms with Crippen LogP contribution >= 0.6 is 23.4 Å². The van der Waals surface area contributed by atoms with E-state index in [0.29, 0.717) is 39.1 Å². The van der Waals surface area contributed by atoms with Crippen molar-refractivity contribution in [2.75, 3.05) is 6.26 Å². The first-order valence-electron chi connectivity index (χ1n) is 13.0. The third-order valence-corrected chi connectivity index (χ3v) is 8.99. The van der Waals surface area contributed by atoms with Gasteiger partial charge < -0.3 is 19.8 Å². The van der Waals surface area contributed by atoms with Crippen LogP contribution in [0.15, 0.2) is 52.2 Å². The molecule has 2 aromatic carbocycles. The molecule has 6 nitrogen and oxygen atoms in total. The average Bonchev–Trinajstić information content (AvgIpc) is 3.30. The fraction of sp³-hybridized carbons (Fsp3) is 0.400. The normalized spacial score (nSPS) is 22.3. The highest BCUT2D eigenvalue weighted by molar-refractivity contribution is 7.98. The van der Waals surface area contributed by atoms with Crippen molar-refractivity contribution in [3.05, 3.63) is 85.8 Å². The molecule has 1 fully saturated rings. The number of aromatic amines is 1. The molecular weight excluding hydrogens is 520 g/mol. The van der Waals surface area contributed by atoms with Gasteiger partial charge in [-0.2, -0.15) is 0 Å². The molecule has 1 atom stereocenters. The number of aromatic nitrogens is 1. The van der Waals surface area contributed by atoms with Crippen molar-refractivity contribution in [2.45, 2.75) is 69.6 Å². The molecule has 8 heteroatoms. The Labute approximate surface area is 232 Å². The molecule has 38 heavy (non-hydrogen) atoms. The van der Waals surface area contributed by atoms with Crippen LogP contribution in [0.4, 0.5) is 0 Å². The maximum absolute atomic E-state index is 13.2. The molecule has 5 rings (SSSR count). The first-order chi connectivity index (χ1) is 18.2. The van der Waals surface area contributed by atoms with Crippen molar-refractivity contribution in [1.29, 1.82) is 0 Å². The highest BCUT2D eigenvalue weighted by atomic mass is 35.5. The number of H-pyrrole nitrogens is 1. The Morgan fingerprint density at radius 2 is 1.79 bits per heavy atom. The molecule has 2 heterocycles. The molecule has 1 aliphatic heterocycles. The number of hydrogen-bond donors (Lipinski definition) is 2. The summed E-state index contributed by atoms with van der Waals surface area (Å²) in [7, 11) is 0. The maximum Gasteiger partial charge on any atom is 0.254 e. The molecule has 1 amide bonds. The summed E-state index contributed by atoms with van der Waals surface area (Å²) < 4.78 is 12.8. The second kappa shape index (κ2) is 10.7. The quantitative estimate of drug-likeness (QED) is 0.330. The number of benzene rings is 2. The number of nitrogens with one attached hydrogen (secondary N) is 2. The maximum atomic E-state index is 13.2. The van der Waals surface area contributed by atoms with Crippen LogP contribution in [0.5, 0.6) is 11.5 Å². The third kappa shape index (κ3) is 5.06. The lowest BCUT2D eigenvalue weighted by Crippen LogP contribution is -2.44. The molecule has 1 unspecified atom stereocenters. The predicted octanol–water partition coefficient (Wildman–Crippen LogP) is 6.76. The van der Waals surface area contributed by atoms with Gasteiger partial charge in [-0.05, 0) is 69.4 Å². The molecule has 1 aliphatic carbocycles. The lowest BCUT2D eigenvalue weighted by Gasteiger charge is -2.37. The standard InChI is InChI=1S/C30H33ClN2O4S/c1-17-14-25(38-4)23(29(35)33-17)16-32-28(34)22-15-24(31)27-26(18(22)2)36-30(3,37-27)21-12-10-20(11-13-21)19-8-6-5-7-9-19/h5-9,14-15,20-21H,10-13,16H2,1-4H3,(H,32,34)(H,33,35). The van der Waals surface area contributed by atoms with Gasteiger partial charge in [0.2, 0.25) is 0 Å². The van der Waals surface area contributed by atoms with Crippen LogP contribution in [0.25, 0.3) is 0 Å². The zero-order valence-corrected chi connectivity index (χ0v) is 23.7. The van der Waals surface area contributed by atoms with E-state index in [1.165, 1.54) is 17.3 Å². The van der Waals surface area contributed by atoms with Crippen LogP contribution in [0.1, 0.15) is 71.3 Å². The van der Waals surface area contributed by atoms with Crippen LogP contribution in [-0.4, -0.2) is 22.9 Å². The molecule has 1 saturated carbocycles. The third-order valence-electron chi connectivity index (χ3n) is 7.91. The fourth-order valence-electron chi connectivity index (χ4n) is 5.72. The Balaban J connectivity index is 1.31. The number of aryl methyl sites for hydroxylation is 1. The van der Waals surface area contributed by atoms with E-state index in [9.17, 15) is 9.59 Å². The van der Waals surface area contributed by atoms with Gasteiger partial charge in [0.25, 0.3) is 17.3 Å². The lowest BCUT2D eigenvalue weighted by molar-refractivity contribution is -0.121. The Bertz CT molecular complexity index is 1420. The number of amides is 1. The largest absolute Gasteiger partial charge is 0.448 e. The highest BCUT2D eigenvalue weighted by Gasteiger charge is 2.47. The highest BCUT2D eigenvalue weighted by Crippen LogP contribution is 2.52.